The predicted octanol–water partition coefficient (Wildman–Crippen LogP) is 5.80. The van der Waals surface area contributed by atoms with Gasteiger partial charge in [-0.2, -0.15) is 0 Å². The van der Waals surface area contributed by atoms with Gasteiger partial charge in [-0.15, -0.1) is 0 Å². The molecule has 0 aliphatic rings. The lowest BCUT2D eigenvalue weighted by atomic mass is 10.1. The second-order valence-electron chi connectivity index (χ2n) is 7.59. The molecule has 0 aliphatic heterocycles. The molecule has 0 fully saturated rings. The van der Waals surface area contributed by atoms with Gasteiger partial charge in [-0.3, -0.25) is 0 Å². The van der Waals surface area contributed by atoms with Crippen LogP contribution in [0.15, 0.2) is 61.1 Å². The van der Waals surface area contributed by atoms with Crippen molar-refractivity contribution in [3.63, 3.8) is 0 Å². The van der Waals surface area contributed by atoms with E-state index in [9.17, 15) is 0 Å². The van der Waals surface area contributed by atoms with Crippen LogP contribution in [-0.2, 0) is 0 Å². The molecule has 0 bridgehead atoms. The number of benzene rings is 2. The molecular weight excluding hydrogens is 406 g/mol. The molecule has 0 radical (unpaired) electrons. The van der Waals surface area contributed by atoms with Crippen molar-refractivity contribution in [1.82, 2.24) is 19.4 Å². The number of rotatable bonds is 8. The SMILES string of the molecule is CCN(CC)CCNc1ncnc2c1c(-c1ccccc1)cn2-c1ccc(C)c(Cl)c1. The third kappa shape index (κ3) is 4.43. The van der Waals surface area contributed by atoms with Gasteiger partial charge in [-0.05, 0) is 43.3 Å². The van der Waals surface area contributed by atoms with E-state index in [4.69, 9.17) is 11.6 Å². The topological polar surface area (TPSA) is 46.0 Å². The van der Waals surface area contributed by atoms with Crippen LogP contribution in [0.5, 0.6) is 0 Å². The Balaban J connectivity index is 1.82. The zero-order chi connectivity index (χ0) is 21.8. The van der Waals surface area contributed by atoms with Gasteiger partial charge in [0.25, 0.3) is 0 Å². The third-order valence-corrected chi connectivity index (χ3v) is 6.12. The molecule has 4 rings (SSSR count). The van der Waals surface area contributed by atoms with Crippen LogP contribution in [0.3, 0.4) is 0 Å². The van der Waals surface area contributed by atoms with Crippen molar-refractivity contribution < 1.29 is 0 Å². The van der Waals surface area contributed by atoms with Crippen LogP contribution in [0.4, 0.5) is 5.82 Å². The Labute approximate surface area is 188 Å². The second-order valence-corrected chi connectivity index (χ2v) is 7.99. The first-order chi connectivity index (χ1) is 15.1. The molecule has 0 aliphatic carbocycles. The fourth-order valence-corrected chi connectivity index (χ4v) is 4.01. The van der Waals surface area contributed by atoms with Crippen LogP contribution in [0.25, 0.3) is 27.8 Å². The van der Waals surface area contributed by atoms with Gasteiger partial charge in [-0.25, -0.2) is 9.97 Å². The number of aromatic nitrogens is 3. The molecule has 5 nitrogen and oxygen atoms in total. The molecule has 0 unspecified atom stereocenters. The molecule has 0 saturated carbocycles. The van der Waals surface area contributed by atoms with Crippen LogP contribution in [-0.4, -0.2) is 45.6 Å². The van der Waals surface area contributed by atoms with Crippen molar-refractivity contribution in [2.24, 2.45) is 0 Å². The van der Waals surface area contributed by atoms with E-state index in [-0.39, 0.29) is 0 Å². The molecule has 160 valence electrons. The van der Waals surface area contributed by atoms with Crippen LogP contribution >= 0.6 is 11.6 Å². The fraction of sp³-hybridized carbons (Fsp3) is 0.280. The lowest BCUT2D eigenvalue weighted by molar-refractivity contribution is 0.316. The normalized spacial score (nSPS) is 11.4. The number of aryl methyl sites for hydroxylation is 1. The average Bonchev–Trinajstić information content (AvgIpc) is 3.20. The van der Waals surface area contributed by atoms with E-state index in [1.165, 1.54) is 0 Å². The molecule has 0 amide bonds. The highest BCUT2D eigenvalue weighted by molar-refractivity contribution is 6.31. The number of nitrogens with one attached hydrogen (secondary N) is 1. The van der Waals surface area contributed by atoms with Gasteiger partial charge in [-0.1, -0.05) is 61.8 Å². The molecule has 4 aromatic rings. The monoisotopic (exact) mass is 433 g/mol. The van der Waals surface area contributed by atoms with Gasteiger partial charge in [0, 0.05) is 35.6 Å². The standard InChI is InChI=1S/C25H28ClN5/c1-4-30(5-2)14-13-27-24-23-21(19-9-7-6-8-10-19)16-31(25(23)29-17-28-24)20-12-11-18(3)22(26)15-20/h6-12,15-17H,4-5,13-14H2,1-3H3,(H,27,28,29). The maximum Gasteiger partial charge on any atom is 0.150 e. The van der Waals surface area contributed by atoms with Crippen LogP contribution in [0.2, 0.25) is 5.02 Å². The summed E-state index contributed by atoms with van der Waals surface area (Å²) in [5, 5.41) is 5.31. The highest BCUT2D eigenvalue weighted by Crippen LogP contribution is 2.35. The first kappa shape index (κ1) is 21.3. The molecular formula is C25H28ClN5. The first-order valence-corrected chi connectivity index (χ1v) is 11.1. The van der Waals surface area contributed by atoms with Crippen molar-refractivity contribution in [2.45, 2.75) is 20.8 Å². The predicted molar refractivity (Wildman–Crippen MR) is 130 cm³/mol. The Morgan fingerprint density at radius 2 is 1.81 bits per heavy atom. The van der Waals surface area contributed by atoms with Crippen molar-refractivity contribution >= 4 is 28.5 Å². The minimum atomic E-state index is 0.743. The maximum absolute atomic E-state index is 6.43. The summed E-state index contributed by atoms with van der Waals surface area (Å²) in [5.74, 6) is 0.855. The summed E-state index contributed by atoms with van der Waals surface area (Å²) in [7, 11) is 0. The number of halogens is 1. The zero-order valence-corrected chi connectivity index (χ0v) is 19.0. The highest BCUT2D eigenvalue weighted by atomic mass is 35.5. The van der Waals surface area contributed by atoms with E-state index in [0.29, 0.717) is 0 Å². The molecule has 2 heterocycles. The molecule has 6 heteroatoms. The van der Waals surface area contributed by atoms with Gasteiger partial charge in [0.15, 0.2) is 5.65 Å². The van der Waals surface area contributed by atoms with Gasteiger partial charge in [0.1, 0.15) is 12.1 Å². The molecule has 1 N–H and O–H groups in total. The molecule has 2 aromatic heterocycles. The summed E-state index contributed by atoms with van der Waals surface area (Å²) in [6.07, 6.45) is 3.76. The largest absolute Gasteiger partial charge is 0.368 e. The lowest BCUT2D eigenvalue weighted by Gasteiger charge is -2.18. The minimum Gasteiger partial charge on any atom is -0.368 e. The Bertz CT molecular complexity index is 1170. The Morgan fingerprint density at radius 3 is 2.52 bits per heavy atom. The van der Waals surface area contributed by atoms with Crippen LogP contribution in [0.1, 0.15) is 19.4 Å². The summed E-state index contributed by atoms with van der Waals surface area (Å²) in [6, 6.07) is 16.5. The van der Waals surface area contributed by atoms with E-state index in [0.717, 1.165) is 70.4 Å². The second kappa shape index (κ2) is 9.50. The zero-order valence-electron chi connectivity index (χ0n) is 18.3. The third-order valence-electron chi connectivity index (χ3n) is 5.72. The van der Waals surface area contributed by atoms with E-state index < -0.39 is 0 Å². The number of hydrogen-bond donors (Lipinski definition) is 1. The van der Waals surface area contributed by atoms with Gasteiger partial charge in [0.05, 0.1) is 5.39 Å². The number of fused-ring (bicyclic) bond motifs is 1. The average molecular weight is 434 g/mol. The van der Waals surface area contributed by atoms with E-state index in [1.807, 2.05) is 25.1 Å². The number of likely N-dealkylation sites (N-methyl/N-ethyl adjacent to an activating group) is 1. The molecule has 0 saturated heterocycles. The van der Waals surface area contributed by atoms with Gasteiger partial charge < -0.3 is 14.8 Å². The molecule has 0 spiro atoms. The lowest BCUT2D eigenvalue weighted by Crippen LogP contribution is -2.28. The summed E-state index contributed by atoms with van der Waals surface area (Å²) in [5.41, 5.74) is 5.12. The minimum absolute atomic E-state index is 0.743. The Kier molecular flexibility index (Phi) is 6.54. The molecule has 2 aromatic carbocycles. The van der Waals surface area contributed by atoms with Gasteiger partial charge in [0.2, 0.25) is 0 Å². The van der Waals surface area contributed by atoms with Crippen LogP contribution in [0, 0.1) is 6.92 Å². The highest BCUT2D eigenvalue weighted by Gasteiger charge is 2.17. The quantitative estimate of drug-likeness (QED) is 0.381. The molecule has 31 heavy (non-hydrogen) atoms. The smallest absolute Gasteiger partial charge is 0.150 e. The maximum atomic E-state index is 6.43. The summed E-state index contributed by atoms with van der Waals surface area (Å²) in [4.78, 5) is 11.6. The van der Waals surface area contributed by atoms with Gasteiger partial charge >= 0.3 is 0 Å². The Morgan fingerprint density at radius 1 is 1.03 bits per heavy atom. The van der Waals surface area contributed by atoms with E-state index in [2.05, 4.69) is 75.1 Å². The summed E-state index contributed by atoms with van der Waals surface area (Å²) < 4.78 is 2.10. The van der Waals surface area contributed by atoms with Crippen molar-refractivity contribution in [2.75, 3.05) is 31.5 Å². The molecule has 0 atom stereocenters. The Hall–Kier alpha value is -2.89. The number of nitrogens with zero attached hydrogens (tertiary/aromatic N) is 4. The fourth-order valence-electron chi connectivity index (χ4n) is 3.83. The summed E-state index contributed by atoms with van der Waals surface area (Å²) >= 11 is 6.43. The van der Waals surface area contributed by atoms with Crippen molar-refractivity contribution in [3.8, 4) is 16.8 Å². The first-order valence-electron chi connectivity index (χ1n) is 10.8. The van der Waals surface area contributed by atoms with E-state index >= 15 is 0 Å². The summed E-state index contributed by atoms with van der Waals surface area (Å²) in [6.45, 7) is 10.3. The van der Waals surface area contributed by atoms with Crippen molar-refractivity contribution in [1.29, 1.82) is 0 Å². The van der Waals surface area contributed by atoms with Crippen molar-refractivity contribution in [3.05, 3.63) is 71.6 Å². The van der Waals surface area contributed by atoms with E-state index in [1.54, 1.807) is 6.33 Å². The van der Waals surface area contributed by atoms with Crippen LogP contribution < -0.4 is 5.32 Å². The number of hydrogen-bond acceptors (Lipinski definition) is 4. The number of anilines is 1.